The predicted octanol–water partition coefficient (Wildman–Crippen LogP) is 5.89. The Kier molecular flexibility index (Phi) is 6.25. The van der Waals surface area contributed by atoms with Crippen molar-refractivity contribution in [3.63, 3.8) is 0 Å². The highest BCUT2D eigenvalue weighted by Crippen LogP contribution is 2.35. The number of benzene rings is 3. The maximum atomic E-state index is 10.9. The summed E-state index contributed by atoms with van der Waals surface area (Å²) < 4.78 is 11.3. The Morgan fingerprint density at radius 1 is 0.941 bits per heavy atom. The van der Waals surface area contributed by atoms with Gasteiger partial charge in [0.05, 0.1) is 11.6 Å². The van der Waals surface area contributed by atoms with Crippen LogP contribution < -0.4 is 4.74 Å². The van der Waals surface area contributed by atoms with Gasteiger partial charge in [-0.15, -0.1) is 0 Å². The molecule has 170 valence electrons. The SMILES string of the molecule is O=C(O)COc1cccc2c1CCC(Cc1cc(C(c3ccccc3)c3ccccc3)on1)=C2. The monoisotopic (exact) mass is 451 g/mol. The van der Waals surface area contributed by atoms with Gasteiger partial charge in [-0.05, 0) is 35.6 Å². The first-order chi connectivity index (χ1) is 16.7. The van der Waals surface area contributed by atoms with E-state index < -0.39 is 5.97 Å². The van der Waals surface area contributed by atoms with Crippen molar-refractivity contribution in [3.05, 3.63) is 124 Å². The van der Waals surface area contributed by atoms with E-state index in [0.29, 0.717) is 12.2 Å². The molecule has 1 aliphatic carbocycles. The van der Waals surface area contributed by atoms with E-state index in [2.05, 4.69) is 41.6 Å². The first kappa shape index (κ1) is 21.7. The maximum Gasteiger partial charge on any atom is 0.341 e. The number of aromatic nitrogens is 1. The van der Waals surface area contributed by atoms with Gasteiger partial charge in [0.15, 0.2) is 6.61 Å². The number of carboxylic acids is 1. The third-order valence-electron chi connectivity index (χ3n) is 6.11. The molecule has 0 bridgehead atoms. The fourth-order valence-electron chi connectivity index (χ4n) is 4.57. The number of hydrogen-bond acceptors (Lipinski definition) is 4. The largest absolute Gasteiger partial charge is 0.482 e. The van der Waals surface area contributed by atoms with Crippen LogP contribution in [0.25, 0.3) is 6.08 Å². The molecule has 0 fully saturated rings. The molecule has 5 nitrogen and oxygen atoms in total. The fraction of sp³-hybridized carbons (Fsp3) is 0.172. The molecule has 5 rings (SSSR count). The Bertz CT molecular complexity index is 1270. The Morgan fingerprint density at radius 2 is 1.65 bits per heavy atom. The van der Waals surface area contributed by atoms with Crippen molar-refractivity contribution < 1.29 is 19.2 Å². The summed E-state index contributed by atoms with van der Waals surface area (Å²) in [5, 5.41) is 13.3. The topological polar surface area (TPSA) is 72.6 Å². The van der Waals surface area contributed by atoms with Gasteiger partial charge in [0, 0.05) is 18.1 Å². The van der Waals surface area contributed by atoms with Gasteiger partial charge in [-0.25, -0.2) is 4.79 Å². The zero-order valence-electron chi connectivity index (χ0n) is 18.7. The van der Waals surface area contributed by atoms with Crippen molar-refractivity contribution in [1.82, 2.24) is 5.16 Å². The number of rotatable bonds is 8. The summed E-state index contributed by atoms with van der Waals surface area (Å²) in [4.78, 5) is 10.9. The predicted molar refractivity (Wildman–Crippen MR) is 130 cm³/mol. The van der Waals surface area contributed by atoms with Crippen LogP contribution in [0.3, 0.4) is 0 Å². The molecule has 34 heavy (non-hydrogen) atoms. The molecule has 0 spiro atoms. The number of carbonyl (C=O) groups is 1. The standard InChI is InChI=1S/C29H25NO4/c31-28(32)19-33-26-13-7-12-23-16-20(14-15-25(23)26)17-24-18-27(34-30-24)29(21-8-3-1-4-9-21)22-10-5-2-6-11-22/h1-13,16,18,29H,14-15,17,19H2,(H,31,32). The number of nitrogens with zero attached hydrogens (tertiary/aromatic N) is 1. The van der Waals surface area contributed by atoms with Crippen molar-refractivity contribution in [3.8, 4) is 5.75 Å². The molecule has 0 amide bonds. The first-order valence-corrected chi connectivity index (χ1v) is 11.4. The third-order valence-corrected chi connectivity index (χ3v) is 6.11. The Hall–Kier alpha value is -4.12. The number of carboxylic acid groups (broad SMARTS) is 1. The molecule has 0 radical (unpaired) electrons. The van der Waals surface area contributed by atoms with Crippen molar-refractivity contribution in [2.45, 2.75) is 25.2 Å². The number of ether oxygens (including phenoxy) is 1. The van der Waals surface area contributed by atoms with Crippen LogP contribution in [0, 0.1) is 0 Å². The summed E-state index contributed by atoms with van der Waals surface area (Å²) in [6.07, 6.45) is 4.54. The molecular weight excluding hydrogens is 426 g/mol. The molecule has 5 heteroatoms. The second kappa shape index (κ2) is 9.79. The molecule has 1 aromatic heterocycles. The first-order valence-electron chi connectivity index (χ1n) is 11.4. The highest BCUT2D eigenvalue weighted by atomic mass is 16.5. The van der Waals surface area contributed by atoms with Gasteiger partial charge >= 0.3 is 5.97 Å². The van der Waals surface area contributed by atoms with Gasteiger partial charge in [-0.2, -0.15) is 0 Å². The van der Waals surface area contributed by atoms with E-state index in [4.69, 9.17) is 14.4 Å². The van der Waals surface area contributed by atoms with Gasteiger partial charge < -0.3 is 14.4 Å². The number of aliphatic carboxylic acids is 1. The minimum absolute atomic E-state index is 0.0151. The average Bonchev–Trinajstić information content (AvgIpc) is 3.31. The Balaban J connectivity index is 1.38. The lowest BCUT2D eigenvalue weighted by Gasteiger charge is -2.19. The minimum Gasteiger partial charge on any atom is -0.482 e. The number of fused-ring (bicyclic) bond motifs is 1. The average molecular weight is 452 g/mol. The van der Waals surface area contributed by atoms with E-state index in [0.717, 1.165) is 46.5 Å². The fourth-order valence-corrected chi connectivity index (χ4v) is 4.57. The quantitative estimate of drug-likeness (QED) is 0.362. The molecule has 1 aliphatic rings. The van der Waals surface area contributed by atoms with Gasteiger partial charge in [-0.3, -0.25) is 0 Å². The maximum absolute atomic E-state index is 10.9. The summed E-state index contributed by atoms with van der Waals surface area (Å²) in [7, 11) is 0. The summed E-state index contributed by atoms with van der Waals surface area (Å²) in [5.41, 5.74) is 6.62. The van der Waals surface area contributed by atoms with Gasteiger partial charge in [0.2, 0.25) is 0 Å². The summed E-state index contributed by atoms with van der Waals surface area (Å²) in [6, 6.07) is 28.5. The van der Waals surface area contributed by atoms with E-state index in [1.54, 1.807) is 0 Å². The molecule has 0 unspecified atom stereocenters. The molecule has 1 heterocycles. The summed E-state index contributed by atoms with van der Waals surface area (Å²) in [6.45, 7) is -0.335. The molecule has 1 N–H and O–H groups in total. The molecule has 3 aromatic carbocycles. The van der Waals surface area contributed by atoms with Crippen LogP contribution >= 0.6 is 0 Å². The van der Waals surface area contributed by atoms with Crippen molar-refractivity contribution in [1.29, 1.82) is 0 Å². The molecule has 0 aliphatic heterocycles. The molecule has 0 atom stereocenters. The number of hydrogen-bond donors (Lipinski definition) is 1. The van der Waals surface area contributed by atoms with E-state index in [9.17, 15) is 4.79 Å². The van der Waals surface area contributed by atoms with Crippen LogP contribution in [0.5, 0.6) is 5.75 Å². The van der Waals surface area contributed by atoms with Crippen LogP contribution in [0.2, 0.25) is 0 Å². The lowest BCUT2D eigenvalue weighted by atomic mass is 9.88. The van der Waals surface area contributed by atoms with Crippen molar-refractivity contribution in [2.24, 2.45) is 0 Å². The zero-order chi connectivity index (χ0) is 23.3. The normalized spacial score (nSPS) is 12.8. The third kappa shape index (κ3) is 4.79. The van der Waals surface area contributed by atoms with E-state index in [-0.39, 0.29) is 12.5 Å². The van der Waals surface area contributed by atoms with Gasteiger partial charge in [0.25, 0.3) is 0 Å². The summed E-state index contributed by atoms with van der Waals surface area (Å²) in [5.74, 6) is 0.482. The van der Waals surface area contributed by atoms with E-state index >= 15 is 0 Å². The van der Waals surface area contributed by atoms with Crippen LogP contribution in [-0.4, -0.2) is 22.8 Å². The molecule has 4 aromatic rings. The lowest BCUT2D eigenvalue weighted by Crippen LogP contribution is -2.12. The van der Waals surface area contributed by atoms with Crippen LogP contribution in [-0.2, 0) is 17.6 Å². The van der Waals surface area contributed by atoms with Gasteiger partial charge in [0.1, 0.15) is 11.5 Å². The van der Waals surface area contributed by atoms with Crippen molar-refractivity contribution in [2.75, 3.05) is 6.61 Å². The second-order valence-corrected chi connectivity index (χ2v) is 8.46. The summed E-state index contributed by atoms with van der Waals surface area (Å²) >= 11 is 0. The zero-order valence-corrected chi connectivity index (χ0v) is 18.7. The minimum atomic E-state index is -0.976. The smallest absolute Gasteiger partial charge is 0.341 e. The van der Waals surface area contributed by atoms with Crippen LogP contribution in [0.15, 0.2) is 95.0 Å². The van der Waals surface area contributed by atoms with Crippen molar-refractivity contribution >= 4 is 12.0 Å². The Labute approximate surface area is 198 Å². The second-order valence-electron chi connectivity index (χ2n) is 8.46. The molecular formula is C29H25NO4. The molecule has 0 saturated heterocycles. The van der Waals surface area contributed by atoms with E-state index in [1.165, 1.54) is 5.57 Å². The highest BCUT2D eigenvalue weighted by Gasteiger charge is 2.22. The van der Waals surface area contributed by atoms with Crippen LogP contribution in [0.4, 0.5) is 0 Å². The molecule has 0 saturated carbocycles. The van der Waals surface area contributed by atoms with E-state index in [1.807, 2.05) is 54.6 Å². The Morgan fingerprint density at radius 3 is 2.32 bits per heavy atom. The number of allylic oxidation sites excluding steroid dienone is 1. The van der Waals surface area contributed by atoms with Crippen LogP contribution in [0.1, 0.15) is 46.0 Å². The lowest BCUT2D eigenvalue weighted by molar-refractivity contribution is -0.139. The highest BCUT2D eigenvalue weighted by molar-refractivity contribution is 5.69. The van der Waals surface area contributed by atoms with Gasteiger partial charge in [-0.1, -0.05) is 89.6 Å².